The van der Waals surface area contributed by atoms with Crippen LogP contribution in [0.1, 0.15) is 6.92 Å². The zero-order valence-electron chi connectivity index (χ0n) is 6.27. The van der Waals surface area contributed by atoms with Crippen molar-refractivity contribution in [2.45, 2.75) is 17.2 Å². The van der Waals surface area contributed by atoms with E-state index in [1.165, 1.54) is 11.8 Å². The summed E-state index contributed by atoms with van der Waals surface area (Å²) in [4.78, 5) is 0. The van der Waals surface area contributed by atoms with Crippen LogP contribution in [0.4, 0.5) is 0 Å². The maximum absolute atomic E-state index is 8.73. The average molecular weight is 170 g/mol. The van der Waals surface area contributed by atoms with Crippen molar-refractivity contribution in [3.8, 4) is 0 Å². The van der Waals surface area contributed by atoms with Crippen LogP contribution in [-0.2, 0) is 0 Å². The van der Waals surface area contributed by atoms with Gasteiger partial charge < -0.3 is 5.11 Å². The van der Waals surface area contributed by atoms with E-state index in [-0.39, 0.29) is 11.9 Å². The van der Waals surface area contributed by atoms with Crippen molar-refractivity contribution in [2.75, 3.05) is 6.61 Å². The van der Waals surface area contributed by atoms with Crippen molar-refractivity contribution in [3.63, 3.8) is 0 Å². The molecule has 0 amide bonds. The van der Waals surface area contributed by atoms with E-state index in [4.69, 9.17) is 5.11 Å². The summed E-state index contributed by atoms with van der Waals surface area (Å²) in [6, 6.07) is 3.71. The van der Waals surface area contributed by atoms with E-state index in [1.807, 2.05) is 19.1 Å². The Morgan fingerprint density at radius 3 is 3.09 bits per heavy atom. The van der Waals surface area contributed by atoms with Gasteiger partial charge in [-0.25, -0.2) is 0 Å². The molecule has 1 N–H and O–H groups in total. The number of hydrogen-bond donors (Lipinski definition) is 1. The molecule has 0 aliphatic rings. The molecule has 0 aliphatic heterocycles. The first-order valence-corrected chi connectivity index (χ1v) is 4.26. The van der Waals surface area contributed by atoms with Gasteiger partial charge in [0.05, 0.1) is 6.61 Å². The van der Waals surface area contributed by atoms with Crippen molar-refractivity contribution < 1.29 is 5.11 Å². The van der Waals surface area contributed by atoms with Gasteiger partial charge in [0, 0.05) is 11.4 Å². The number of rotatable bonds is 3. The first kappa shape index (κ1) is 8.49. The summed E-state index contributed by atoms with van der Waals surface area (Å²) in [5.74, 6) is 0. The summed E-state index contributed by atoms with van der Waals surface area (Å²) >= 11 is 1.52. The molecule has 0 bridgehead atoms. The molecule has 0 spiro atoms. The lowest BCUT2D eigenvalue weighted by Crippen LogP contribution is -2.02. The van der Waals surface area contributed by atoms with Gasteiger partial charge in [-0.3, -0.25) is 0 Å². The van der Waals surface area contributed by atoms with Gasteiger partial charge in [-0.2, -0.15) is 5.10 Å². The molecule has 60 valence electrons. The maximum atomic E-state index is 8.73. The van der Waals surface area contributed by atoms with Crippen molar-refractivity contribution in [1.29, 1.82) is 0 Å². The number of aromatic nitrogens is 2. The Balaban J connectivity index is 2.51. The van der Waals surface area contributed by atoms with Crippen LogP contribution in [-0.4, -0.2) is 27.2 Å². The van der Waals surface area contributed by atoms with E-state index in [0.29, 0.717) is 0 Å². The second kappa shape index (κ2) is 4.31. The lowest BCUT2D eigenvalue weighted by molar-refractivity contribution is 0.300. The molecular weight excluding hydrogens is 160 g/mol. The highest BCUT2D eigenvalue weighted by molar-refractivity contribution is 7.99. The van der Waals surface area contributed by atoms with Crippen LogP contribution in [0.15, 0.2) is 23.4 Å². The fourth-order valence-electron chi connectivity index (χ4n) is 0.594. The van der Waals surface area contributed by atoms with E-state index in [2.05, 4.69) is 10.2 Å². The normalized spacial score (nSPS) is 12.9. The molecule has 0 aromatic carbocycles. The summed E-state index contributed by atoms with van der Waals surface area (Å²) in [7, 11) is 0. The average Bonchev–Trinajstić information content (AvgIpc) is 2.06. The Hall–Kier alpha value is -0.610. The Bertz CT molecular complexity index is 205. The largest absolute Gasteiger partial charge is 0.395 e. The molecule has 4 heteroatoms. The molecule has 1 atom stereocenters. The summed E-state index contributed by atoms with van der Waals surface area (Å²) in [5, 5.41) is 17.4. The quantitative estimate of drug-likeness (QED) is 0.686. The molecule has 0 aliphatic carbocycles. The van der Waals surface area contributed by atoms with Crippen molar-refractivity contribution in [1.82, 2.24) is 10.2 Å². The summed E-state index contributed by atoms with van der Waals surface area (Å²) in [5.41, 5.74) is 0. The lowest BCUT2D eigenvalue weighted by atomic mass is 10.5. The molecule has 3 nitrogen and oxygen atoms in total. The molecule has 0 saturated heterocycles. The Morgan fingerprint density at radius 2 is 2.55 bits per heavy atom. The molecule has 0 fully saturated rings. The lowest BCUT2D eigenvalue weighted by Gasteiger charge is -2.04. The van der Waals surface area contributed by atoms with E-state index < -0.39 is 0 Å². The van der Waals surface area contributed by atoms with Crippen LogP contribution in [0, 0.1) is 0 Å². The van der Waals surface area contributed by atoms with E-state index >= 15 is 0 Å². The predicted octanol–water partition coefficient (Wildman–Crippen LogP) is 0.950. The third-order valence-electron chi connectivity index (χ3n) is 1.13. The summed E-state index contributed by atoms with van der Waals surface area (Å²) < 4.78 is 0. The van der Waals surface area contributed by atoms with Gasteiger partial charge in [-0.15, -0.1) is 5.10 Å². The summed E-state index contributed by atoms with van der Waals surface area (Å²) in [6.45, 7) is 2.11. The van der Waals surface area contributed by atoms with E-state index in [1.54, 1.807) is 6.20 Å². The fourth-order valence-corrected chi connectivity index (χ4v) is 1.33. The minimum atomic E-state index is 0.168. The first-order valence-electron chi connectivity index (χ1n) is 3.38. The monoisotopic (exact) mass is 170 g/mol. The Labute approximate surface area is 69.9 Å². The highest BCUT2D eigenvalue weighted by Gasteiger charge is 2.02. The van der Waals surface area contributed by atoms with Crippen LogP contribution in [0.2, 0.25) is 0 Å². The molecule has 1 aromatic heterocycles. The third-order valence-corrected chi connectivity index (χ3v) is 2.14. The third kappa shape index (κ3) is 2.86. The molecule has 1 heterocycles. The minimum absolute atomic E-state index is 0.168. The predicted molar refractivity (Wildman–Crippen MR) is 44.4 cm³/mol. The first-order chi connectivity index (χ1) is 5.33. The molecule has 11 heavy (non-hydrogen) atoms. The highest BCUT2D eigenvalue weighted by atomic mass is 32.2. The number of nitrogens with zero attached hydrogens (tertiary/aromatic N) is 2. The second-order valence-electron chi connectivity index (χ2n) is 2.17. The molecular formula is C7H10N2OS. The number of aliphatic hydroxyl groups excluding tert-OH is 1. The van der Waals surface area contributed by atoms with Crippen LogP contribution >= 0.6 is 11.8 Å². The van der Waals surface area contributed by atoms with Gasteiger partial charge in [-0.1, -0.05) is 18.7 Å². The van der Waals surface area contributed by atoms with Crippen LogP contribution in [0.25, 0.3) is 0 Å². The molecule has 0 radical (unpaired) electrons. The van der Waals surface area contributed by atoms with Gasteiger partial charge >= 0.3 is 0 Å². The smallest absolute Gasteiger partial charge is 0.119 e. The number of hydrogen-bond acceptors (Lipinski definition) is 4. The molecule has 0 saturated carbocycles. The van der Waals surface area contributed by atoms with Gasteiger partial charge in [0.2, 0.25) is 0 Å². The topological polar surface area (TPSA) is 46.0 Å². The van der Waals surface area contributed by atoms with Gasteiger partial charge in [0.1, 0.15) is 5.03 Å². The van der Waals surface area contributed by atoms with Crippen molar-refractivity contribution >= 4 is 11.8 Å². The SMILES string of the molecule is CC(CO)Sc1cccnn1. The van der Waals surface area contributed by atoms with Crippen LogP contribution in [0.3, 0.4) is 0 Å². The molecule has 1 rings (SSSR count). The number of aliphatic hydroxyl groups is 1. The fraction of sp³-hybridized carbons (Fsp3) is 0.429. The highest BCUT2D eigenvalue weighted by Crippen LogP contribution is 2.18. The molecule has 1 unspecified atom stereocenters. The number of thioether (sulfide) groups is 1. The minimum Gasteiger partial charge on any atom is -0.395 e. The van der Waals surface area contributed by atoms with Crippen LogP contribution < -0.4 is 0 Å². The van der Waals surface area contributed by atoms with Crippen molar-refractivity contribution in [3.05, 3.63) is 18.3 Å². The van der Waals surface area contributed by atoms with Gasteiger partial charge in [-0.05, 0) is 12.1 Å². The summed E-state index contributed by atoms with van der Waals surface area (Å²) in [6.07, 6.45) is 1.63. The van der Waals surface area contributed by atoms with Crippen molar-refractivity contribution in [2.24, 2.45) is 0 Å². The van der Waals surface area contributed by atoms with Gasteiger partial charge in [0.25, 0.3) is 0 Å². The maximum Gasteiger partial charge on any atom is 0.119 e. The standard InChI is InChI=1S/C7H10N2OS/c1-6(5-10)11-7-3-2-4-8-9-7/h2-4,6,10H,5H2,1H3. The van der Waals surface area contributed by atoms with E-state index in [0.717, 1.165) is 5.03 Å². The van der Waals surface area contributed by atoms with Gasteiger partial charge in [0.15, 0.2) is 0 Å². The van der Waals surface area contributed by atoms with Crippen LogP contribution in [0.5, 0.6) is 0 Å². The second-order valence-corrected chi connectivity index (χ2v) is 3.63. The molecule has 1 aromatic rings. The Kier molecular flexibility index (Phi) is 3.32. The zero-order chi connectivity index (χ0) is 8.10. The van der Waals surface area contributed by atoms with E-state index in [9.17, 15) is 0 Å². The zero-order valence-corrected chi connectivity index (χ0v) is 7.08. The Morgan fingerprint density at radius 1 is 1.73 bits per heavy atom.